The molecule has 2 atom stereocenters. The fourth-order valence-electron chi connectivity index (χ4n) is 5.97. The topological polar surface area (TPSA) is 78.9 Å². The van der Waals surface area contributed by atoms with E-state index in [1.807, 2.05) is 30.3 Å². The van der Waals surface area contributed by atoms with Gasteiger partial charge in [0.05, 0.1) is 18.2 Å². The van der Waals surface area contributed by atoms with Crippen LogP contribution in [0.4, 0.5) is 4.39 Å². The standard InChI is InChI=1S/C34H33Cl2FN2O4/c35-25-14-24(15-26(36)16-25)32(23-4-2-1-3-5-23)39-12-10-20(11-13-39)19-43-30-18-29(37)28(17-27(30)21-6-7-21)33(40)38-31(34(41)42)22-8-9-22/h1-5,8,14-18,20-21,31-32H,6-7,9-13,19H2,(H,38,40)(H,41,42)/t31-,32+/m0/s1. The summed E-state index contributed by atoms with van der Waals surface area (Å²) in [6.45, 7) is 2.15. The monoisotopic (exact) mass is 622 g/mol. The number of halogens is 3. The predicted octanol–water partition coefficient (Wildman–Crippen LogP) is 7.40. The Bertz CT molecular complexity index is 1530. The number of hydrogen-bond donors (Lipinski definition) is 2. The van der Waals surface area contributed by atoms with Crippen LogP contribution in [-0.4, -0.2) is 47.6 Å². The van der Waals surface area contributed by atoms with Crippen molar-refractivity contribution in [2.75, 3.05) is 19.7 Å². The van der Waals surface area contributed by atoms with Crippen LogP contribution in [-0.2, 0) is 4.79 Å². The van der Waals surface area contributed by atoms with Crippen molar-refractivity contribution in [2.45, 2.75) is 50.1 Å². The number of carboxylic acid groups (broad SMARTS) is 1. The Hall–Kier alpha value is -3.39. The zero-order chi connectivity index (χ0) is 30.1. The van der Waals surface area contributed by atoms with Gasteiger partial charge in [0.2, 0.25) is 0 Å². The second kappa shape index (κ2) is 12.7. The molecule has 0 aromatic heterocycles. The Balaban J connectivity index is 1.12. The van der Waals surface area contributed by atoms with Gasteiger partial charge in [-0.1, -0.05) is 59.6 Å². The first-order valence-corrected chi connectivity index (χ1v) is 15.5. The highest BCUT2D eigenvalue weighted by atomic mass is 35.5. The SMILES string of the molecule is O=C(N[C@H](C(=O)O)C1=CC1)c1cc(C2CC2)c(OCC2CCN([C@H](c3ccccc3)c3cc(Cl)cc(Cl)c3)CC2)cc1F. The van der Waals surface area contributed by atoms with E-state index in [0.717, 1.165) is 49.9 Å². The highest BCUT2D eigenvalue weighted by Crippen LogP contribution is 2.45. The summed E-state index contributed by atoms with van der Waals surface area (Å²) in [5.41, 5.74) is 3.51. The summed E-state index contributed by atoms with van der Waals surface area (Å²) < 4.78 is 21.4. The van der Waals surface area contributed by atoms with Crippen molar-refractivity contribution in [3.8, 4) is 5.75 Å². The second-order valence-corrected chi connectivity index (χ2v) is 12.6. The molecule has 2 fully saturated rings. The fourth-order valence-corrected chi connectivity index (χ4v) is 6.51. The molecule has 0 spiro atoms. The molecule has 1 heterocycles. The van der Waals surface area contributed by atoms with E-state index >= 15 is 4.39 Å². The van der Waals surface area contributed by atoms with Gasteiger partial charge in [-0.25, -0.2) is 9.18 Å². The maximum atomic E-state index is 15.2. The summed E-state index contributed by atoms with van der Waals surface area (Å²) in [6.07, 6.45) is 5.99. The van der Waals surface area contributed by atoms with Crippen molar-refractivity contribution >= 4 is 35.1 Å². The number of carbonyl (C=O) groups is 2. The number of carboxylic acids is 1. The van der Waals surface area contributed by atoms with E-state index in [9.17, 15) is 14.7 Å². The number of nitrogens with one attached hydrogen (secondary N) is 1. The van der Waals surface area contributed by atoms with Crippen LogP contribution in [0.15, 0.2) is 72.3 Å². The van der Waals surface area contributed by atoms with Gasteiger partial charge in [0, 0.05) is 16.1 Å². The number of carbonyl (C=O) groups excluding carboxylic acids is 1. The molecule has 6 nitrogen and oxygen atoms in total. The average molecular weight is 624 g/mol. The lowest BCUT2D eigenvalue weighted by Crippen LogP contribution is -2.40. The lowest BCUT2D eigenvalue weighted by atomic mass is 9.91. The average Bonchev–Trinajstić information content (AvgIpc) is 3.90. The number of benzene rings is 3. The van der Waals surface area contributed by atoms with Crippen LogP contribution in [0, 0.1) is 11.7 Å². The Morgan fingerprint density at radius 2 is 1.65 bits per heavy atom. The molecule has 224 valence electrons. The Morgan fingerprint density at radius 3 is 2.26 bits per heavy atom. The Morgan fingerprint density at radius 1 is 0.977 bits per heavy atom. The number of hydrogen-bond acceptors (Lipinski definition) is 4. The first-order chi connectivity index (χ1) is 20.8. The molecular formula is C34H33Cl2FN2O4. The zero-order valence-corrected chi connectivity index (χ0v) is 25.1. The van der Waals surface area contributed by atoms with Crippen molar-refractivity contribution in [1.29, 1.82) is 0 Å². The third-order valence-corrected chi connectivity index (χ3v) is 8.94. The molecule has 2 N–H and O–H groups in total. The summed E-state index contributed by atoms with van der Waals surface area (Å²) in [5, 5.41) is 13.1. The molecule has 0 unspecified atom stereocenters. The molecule has 3 aromatic carbocycles. The molecule has 6 rings (SSSR count). The predicted molar refractivity (Wildman–Crippen MR) is 165 cm³/mol. The normalized spacial score (nSPS) is 18.4. The minimum Gasteiger partial charge on any atom is -0.493 e. The first-order valence-electron chi connectivity index (χ1n) is 14.7. The Kier molecular flexibility index (Phi) is 8.75. The van der Waals surface area contributed by atoms with Crippen LogP contribution < -0.4 is 10.1 Å². The molecular weight excluding hydrogens is 590 g/mol. The van der Waals surface area contributed by atoms with Crippen LogP contribution in [0.3, 0.4) is 0 Å². The number of piperidine rings is 1. The summed E-state index contributed by atoms with van der Waals surface area (Å²) in [6, 6.07) is 17.7. The number of ether oxygens (including phenoxy) is 1. The molecule has 3 aromatic rings. The highest BCUT2D eigenvalue weighted by molar-refractivity contribution is 6.34. The maximum absolute atomic E-state index is 15.2. The lowest BCUT2D eigenvalue weighted by Gasteiger charge is -2.38. The van der Waals surface area contributed by atoms with Crippen LogP contribution in [0.5, 0.6) is 5.75 Å². The van der Waals surface area contributed by atoms with Gasteiger partial charge in [-0.15, -0.1) is 0 Å². The molecule has 2 aliphatic carbocycles. The summed E-state index contributed by atoms with van der Waals surface area (Å²) in [4.78, 5) is 26.8. The second-order valence-electron chi connectivity index (χ2n) is 11.7. The van der Waals surface area contributed by atoms with Crippen molar-refractivity contribution in [2.24, 2.45) is 5.92 Å². The minimum atomic E-state index is -1.16. The minimum absolute atomic E-state index is 0.0189. The van der Waals surface area contributed by atoms with E-state index in [-0.39, 0.29) is 23.4 Å². The van der Waals surface area contributed by atoms with Crippen LogP contribution in [0.1, 0.15) is 71.1 Å². The lowest BCUT2D eigenvalue weighted by molar-refractivity contribution is -0.138. The summed E-state index contributed by atoms with van der Waals surface area (Å²) in [7, 11) is 0. The molecule has 3 aliphatic rings. The van der Waals surface area contributed by atoms with Crippen LogP contribution in [0.25, 0.3) is 0 Å². The van der Waals surface area contributed by atoms with Crippen molar-refractivity contribution < 1.29 is 23.8 Å². The van der Waals surface area contributed by atoms with E-state index in [1.54, 1.807) is 18.2 Å². The largest absolute Gasteiger partial charge is 0.493 e. The molecule has 1 saturated carbocycles. The van der Waals surface area contributed by atoms with Gasteiger partial charge in [0.1, 0.15) is 17.6 Å². The van der Waals surface area contributed by atoms with E-state index in [1.165, 1.54) is 11.6 Å². The molecule has 9 heteroatoms. The molecule has 1 saturated heterocycles. The van der Waals surface area contributed by atoms with Crippen molar-refractivity contribution in [3.05, 3.63) is 110 Å². The highest BCUT2D eigenvalue weighted by Gasteiger charge is 2.33. The summed E-state index contributed by atoms with van der Waals surface area (Å²) in [5.74, 6) is -1.64. The van der Waals surface area contributed by atoms with Gasteiger partial charge < -0.3 is 15.2 Å². The number of likely N-dealkylation sites (tertiary alicyclic amines) is 1. The number of allylic oxidation sites excluding steroid dienone is 1. The van der Waals surface area contributed by atoms with Crippen LogP contribution in [0.2, 0.25) is 10.0 Å². The van der Waals surface area contributed by atoms with E-state index < -0.39 is 23.7 Å². The molecule has 1 aliphatic heterocycles. The van der Waals surface area contributed by atoms with Crippen LogP contribution >= 0.6 is 23.2 Å². The van der Waals surface area contributed by atoms with E-state index in [2.05, 4.69) is 22.3 Å². The number of aliphatic carboxylic acids is 1. The molecule has 43 heavy (non-hydrogen) atoms. The first kappa shape index (κ1) is 29.7. The number of nitrogens with zero attached hydrogens (tertiary/aromatic N) is 1. The third kappa shape index (κ3) is 7.06. The van der Waals surface area contributed by atoms with Gasteiger partial charge in [0.25, 0.3) is 5.91 Å². The Labute approximate surface area is 260 Å². The summed E-state index contributed by atoms with van der Waals surface area (Å²) >= 11 is 12.8. The van der Waals surface area contributed by atoms with Crippen molar-refractivity contribution in [1.82, 2.24) is 10.2 Å². The zero-order valence-electron chi connectivity index (χ0n) is 23.6. The molecule has 1 amide bonds. The van der Waals surface area contributed by atoms with Gasteiger partial charge in [-0.05, 0) is 104 Å². The number of rotatable bonds is 11. The number of amides is 1. The van der Waals surface area contributed by atoms with Gasteiger partial charge in [-0.2, -0.15) is 0 Å². The molecule has 0 bridgehead atoms. The quantitative estimate of drug-likeness (QED) is 0.218. The fraction of sp³-hybridized carbons (Fsp3) is 0.353. The van der Waals surface area contributed by atoms with Gasteiger partial charge >= 0.3 is 5.97 Å². The van der Waals surface area contributed by atoms with E-state index in [4.69, 9.17) is 27.9 Å². The smallest absolute Gasteiger partial charge is 0.330 e. The maximum Gasteiger partial charge on any atom is 0.330 e. The third-order valence-electron chi connectivity index (χ3n) is 8.50. The van der Waals surface area contributed by atoms with Gasteiger partial charge in [-0.3, -0.25) is 9.69 Å². The molecule has 0 radical (unpaired) electrons. The van der Waals surface area contributed by atoms with E-state index in [0.29, 0.717) is 34.4 Å². The van der Waals surface area contributed by atoms with Gasteiger partial charge in [0.15, 0.2) is 0 Å². The van der Waals surface area contributed by atoms with Crippen molar-refractivity contribution in [3.63, 3.8) is 0 Å².